The van der Waals surface area contributed by atoms with Crippen molar-refractivity contribution in [3.8, 4) is 0 Å². The Hall–Kier alpha value is -1.45. The van der Waals surface area contributed by atoms with Gasteiger partial charge >= 0.3 is 0 Å². The Balaban J connectivity index is 3.67. The first-order valence-corrected chi connectivity index (χ1v) is 5.92. The highest BCUT2D eigenvalue weighted by Gasteiger charge is 2.09. The topological polar surface area (TPSA) is 63.2 Å². The summed E-state index contributed by atoms with van der Waals surface area (Å²) in [6, 6.07) is 0. The van der Waals surface area contributed by atoms with E-state index in [1.807, 2.05) is 0 Å². The predicted octanol–water partition coefficient (Wildman–Crippen LogP) is 1.64. The molecule has 0 aliphatic heterocycles. The van der Waals surface area contributed by atoms with Gasteiger partial charge in [0.15, 0.2) is 11.6 Å². The van der Waals surface area contributed by atoms with Crippen LogP contribution in [0.15, 0.2) is 12.2 Å². The van der Waals surface area contributed by atoms with Crippen molar-refractivity contribution in [2.45, 2.75) is 40.0 Å². The van der Waals surface area contributed by atoms with Gasteiger partial charge in [-0.1, -0.05) is 19.9 Å². The van der Waals surface area contributed by atoms with Gasteiger partial charge in [0.25, 0.3) is 0 Å². The molecule has 0 heterocycles. The quantitative estimate of drug-likeness (QED) is 0.655. The summed E-state index contributed by atoms with van der Waals surface area (Å²) in [5.74, 6) is -0.194. The summed E-state index contributed by atoms with van der Waals surface area (Å²) in [5, 5.41) is 2.55. The lowest BCUT2D eigenvalue weighted by molar-refractivity contribution is -0.126. The van der Waals surface area contributed by atoms with Crippen molar-refractivity contribution in [1.82, 2.24) is 5.32 Å². The van der Waals surface area contributed by atoms with Crippen LogP contribution in [0.1, 0.15) is 40.0 Å². The smallest absolute Gasteiger partial charge is 0.220 e. The zero-order chi connectivity index (χ0) is 13.3. The SMILES string of the molecule is C/C=C/C(=O)CCCC(=O)NCC(=O)C(C)C. The van der Waals surface area contributed by atoms with Crippen LogP contribution >= 0.6 is 0 Å². The molecule has 0 bridgehead atoms. The summed E-state index contributed by atoms with van der Waals surface area (Å²) in [5.41, 5.74) is 0. The molecule has 0 aromatic carbocycles. The van der Waals surface area contributed by atoms with Gasteiger partial charge in [-0.2, -0.15) is 0 Å². The second-order valence-electron chi connectivity index (χ2n) is 4.22. The van der Waals surface area contributed by atoms with E-state index in [9.17, 15) is 14.4 Å². The van der Waals surface area contributed by atoms with E-state index in [0.717, 1.165) is 0 Å². The standard InChI is InChI=1S/C13H21NO3/c1-4-6-11(15)7-5-8-13(17)14-9-12(16)10(2)3/h4,6,10H,5,7-9H2,1-3H3,(H,14,17)/b6-4+. The maximum atomic E-state index is 11.3. The second-order valence-corrected chi connectivity index (χ2v) is 4.22. The molecule has 1 amide bonds. The van der Waals surface area contributed by atoms with Gasteiger partial charge in [0.05, 0.1) is 6.54 Å². The monoisotopic (exact) mass is 239 g/mol. The minimum absolute atomic E-state index is 0.0170. The Morgan fingerprint density at radius 3 is 2.35 bits per heavy atom. The fourth-order valence-electron chi connectivity index (χ4n) is 1.17. The number of amides is 1. The first-order valence-electron chi connectivity index (χ1n) is 5.92. The molecule has 0 aliphatic rings. The zero-order valence-corrected chi connectivity index (χ0v) is 10.8. The Morgan fingerprint density at radius 1 is 1.18 bits per heavy atom. The third-order valence-electron chi connectivity index (χ3n) is 2.28. The van der Waals surface area contributed by atoms with Gasteiger partial charge in [-0.25, -0.2) is 0 Å². The predicted molar refractivity (Wildman–Crippen MR) is 66.5 cm³/mol. The van der Waals surface area contributed by atoms with E-state index < -0.39 is 0 Å². The first kappa shape index (κ1) is 15.6. The van der Waals surface area contributed by atoms with E-state index in [1.54, 1.807) is 26.8 Å². The lowest BCUT2D eigenvalue weighted by Gasteiger charge is -2.06. The molecule has 0 saturated carbocycles. The van der Waals surface area contributed by atoms with Gasteiger partial charge in [0.1, 0.15) is 0 Å². The summed E-state index contributed by atoms with van der Waals surface area (Å²) in [6.45, 7) is 5.45. The lowest BCUT2D eigenvalue weighted by atomic mass is 10.1. The summed E-state index contributed by atoms with van der Waals surface area (Å²) in [7, 11) is 0. The number of Topliss-reactive ketones (excluding diaryl/α,β-unsaturated/α-hetero) is 1. The average molecular weight is 239 g/mol. The largest absolute Gasteiger partial charge is 0.349 e. The molecule has 0 aliphatic carbocycles. The van der Waals surface area contributed by atoms with Gasteiger partial charge in [0, 0.05) is 18.8 Å². The molecule has 0 unspecified atom stereocenters. The van der Waals surface area contributed by atoms with Gasteiger partial charge in [-0.05, 0) is 19.4 Å². The molecular formula is C13H21NO3. The highest BCUT2D eigenvalue weighted by molar-refractivity contribution is 5.90. The zero-order valence-electron chi connectivity index (χ0n) is 10.8. The molecule has 0 aromatic heterocycles. The Kier molecular flexibility index (Phi) is 7.93. The maximum Gasteiger partial charge on any atom is 0.220 e. The lowest BCUT2D eigenvalue weighted by Crippen LogP contribution is -2.31. The van der Waals surface area contributed by atoms with E-state index in [-0.39, 0.29) is 36.4 Å². The van der Waals surface area contributed by atoms with Crippen LogP contribution in [-0.4, -0.2) is 24.0 Å². The third kappa shape index (κ3) is 8.37. The van der Waals surface area contributed by atoms with Crippen molar-refractivity contribution in [2.75, 3.05) is 6.54 Å². The molecule has 0 rings (SSSR count). The fraction of sp³-hybridized carbons (Fsp3) is 0.615. The van der Waals surface area contributed by atoms with Crippen molar-refractivity contribution in [1.29, 1.82) is 0 Å². The molecular weight excluding hydrogens is 218 g/mol. The second kappa shape index (κ2) is 8.67. The third-order valence-corrected chi connectivity index (χ3v) is 2.28. The summed E-state index contributed by atoms with van der Waals surface area (Å²) >= 11 is 0. The molecule has 96 valence electrons. The Morgan fingerprint density at radius 2 is 1.82 bits per heavy atom. The number of nitrogens with one attached hydrogen (secondary N) is 1. The van der Waals surface area contributed by atoms with Gasteiger partial charge in [-0.3, -0.25) is 14.4 Å². The van der Waals surface area contributed by atoms with E-state index in [2.05, 4.69) is 5.32 Å². The highest BCUT2D eigenvalue weighted by atomic mass is 16.2. The molecule has 0 spiro atoms. The van der Waals surface area contributed by atoms with E-state index in [1.165, 1.54) is 6.08 Å². The minimum Gasteiger partial charge on any atom is -0.349 e. The van der Waals surface area contributed by atoms with Crippen molar-refractivity contribution >= 4 is 17.5 Å². The van der Waals surface area contributed by atoms with Crippen LogP contribution in [0.25, 0.3) is 0 Å². The molecule has 4 nitrogen and oxygen atoms in total. The molecule has 0 fully saturated rings. The van der Waals surface area contributed by atoms with Crippen LogP contribution in [0.3, 0.4) is 0 Å². The molecule has 17 heavy (non-hydrogen) atoms. The first-order chi connectivity index (χ1) is 7.97. The molecule has 0 radical (unpaired) electrons. The van der Waals surface area contributed by atoms with Crippen molar-refractivity contribution < 1.29 is 14.4 Å². The van der Waals surface area contributed by atoms with Crippen molar-refractivity contribution in [3.05, 3.63) is 12.2 Å². The molecule has 0 atom stereocenters. The van der Waals surface area contributed by atoms with Crippen LogP contribution < -0.4 is 5.32 Å². The Bertz CT molecular complexity index is 306. The van der Waals surface area contributed by atoms with Crippen LogP contribution in [0, 0.1) is 5.92 Å². The fourth-order valence-corrected chi connectivity index (χ4v) is 1.17. The number of ketones is 2. The summed E-state index contributed by atoms with van der Waals surface area (Å²) in [6.07, 6.45) is 4.36. The number of carbonyl (C=O) groups excluding carboxylic acids is 3. The molecule has 0 saturated heterocycles. The number of hydrogen-bond donors (Lipinski definition) is 1. The van der Waals surface area contributed by atoms with Crippen LogP contribution in [-0.2, 0) is 14.4 Å². The number of carbonyl (C=O) groups is 3. The summed E-state index contributed by atoms with van der Waals surface area (Å²) in [4.78, 5) is 33.7. The van der Waals surface area contributed by atoms with Crippen LogP contribution in [0.2, 0.25) is 0 Å². The van der Waals surface area contributed by atoms with Crippen LogP contribution in [0.5, 0.6) is 0 Å². The van der Waals surface area contributed by atoms with Crippen molar-refractivity contribution in [2.24, 2.45) is 5.92 Å². The normalized spacial score (nSPS) is 10.8. The average Bonchev–Trinajstić information content (AvgIpc) is 2.26. The van der Waals surface area contributed by atoms with E-state index >= 15 is 0 Å². The molecule has 4 heteroatoms. The van der Waals surface area contributed by atoms with Gasteiger partial charge in [-0.15, -0.1) is 0 Å². The van der Waals surface area contributed by atoms with E-state index in [0.29, 0.717) is 12.8 Å². The number of allylic oxidation sites excluding steroid dienone is 2. The minimum atomic E-state index is -0.174. The van der Waals surface area contributed by atoms with Crippen LogP contribution in [0.4, 0.5) is 0 Å². The Labute approximate surface area is 102 Å². The highest BCUT2D eigenvalue weighted by Crippen LogP contribution is 1.98. The van der Waals surface area contributed by atoms with E-state index in [4.69, 9.17) is 0 Å². The van der Waals surface area contributed by atoms with Crippen molar-refractivity contribution in [3.63, 3.8) is 0 Å². The summed E-state index contributed by atoms with van der Waals surface area (Å²) < 4.78 is 0. The number of hydrogen-bond acceptors (Lipinski definition) is 3. The maximum absolute atomic E-state index is 11.3. The van der Waals surface area contributed by atoms with Gasteiger partial charge in [0.2, 0.25) is 5.91 Å². The molecule has 0 aromatic rings. The number of rotatable bonds is 8. The molecule has 1 N–H and O–H groups in total. The van der Waals surface area contributed by atoms with Gasteiger partial charge < -0.3 is 5.32 Å².